The standard InChI is InChI=1S/C14H19N3O7S/c15-7(13(21)22)2-1-3-8(19)16-9-11(20)17-10(14(23)24)6(4-18)5-25-12(9)17/h7,9,12,18H,1-5,15H2,(H,16,19)(H,21,22)(H,23,24)/t7?,9-,12-/m1/s1. The monoisotopic (exact) mass is 373 g/mol. The number of carbonyl (C=O) groups is 4. The van der Waals surface area contributed by atoms with Gasteiger partial charge in [0, 0.05) is 12.2 Å². The molecule has 25 heavy (non-hydrogen) atoms. The fraction of sp³-hybridized carbons (Fsp3) is 0.571. The number of hydrogen-bond donors (Lipinski definition) is 5. The summed E-state index contributed by atoms with van der Waals surface area (Å²) in [6.07, 6.45) is 0.416. The Hall–Kier alpha value is -2.11. The molecule has 0 spiro atoms. The number of aliphatic hydroxyl groups excluding tert-OH is 1. The van der Waals surface area contributed by atoms with Gasteiger partial charge in [0.1, 0.15) is 23.2 Å². The lowest BCUT2D eigenvalue weighted by molar-refractivity contribution is -0.150. The zero-order valence-electron chi connectivity index (χ0n) is 13.2. The third-order valence-corrected chi connectivity index (χ3v) is 5.33. The highest BCUT2D eigenvalue weighted by molar-refractivity contribution is 8.00. The van der Waals surface area contributed by atoms with E-state index in [0.29, 0.717) is 0 Å². The molecule has 3 atom stereocenters. The van der Waals surface area contributed by atoms with E-state index in [9.17, 15) is 29.4 Å². The molecule has 2 heterocycles. The molecule has 2 aliphatic rings. The first-order valence-electron chi connectivity index (χ1n) is 7.56. The molecule has 1 unspecified atom stereocenters. The Morgan fingerprint density at radius 2 is 2.04 bits per heavy atom. The van der Waals surface area contributed by atoms with E-state index in [0.717, 1.165) is 4.90 Å². The number of thioether (sulfide) groups is 1. The van der Waals surface area contributed by atoms with Gasteiger partial charge in [-0.2, -0.15) is 0 Å². The molecule has 2 aliphatic heterocycles. The Kier molecular flexibility index (Phi) is 6.03. The van der Waals surface area contributed by atoms with Crippen LogP contribution in [0.1, 0.15) is 19.3 Å². The number of aliphatic carboxylic acids is 2. The number of hydrogen-bond acceptors (Lipinski definition) is 7. The van der Waals surface area contributed by atoms with Crippen LogP contribution in [0.2, 0.25) is 0 Å². The third-order valence-electron chi connectivity index (χ3n) is 3.99. The number of β-lactam (4-membered cyclic amide) rings is 1. The fourth-order valence-corrected chi connectivity index (χ4v) is 3.99. The number of aliphatic hydroxyl groups is 1. The molecule has 1 fully saturated rings. The highest BCUT2D eigenvalue weighted by Gasteiger charge is 2.53. The molecule has 0 aromatic heterocycles. The molecule has 2 rings (SSSR count). The van der Waals surface area contributed by atoms with Gasteiger partial charge in [0.2, 0.25) is 5.91 Å². The molecule has 0 saturated carbocycles. The predicted octanol–water partition coefficient (Wildman–Crippen LogP) is -1.70. The minimum Gasteiger partial charge on any atom is -0.480 e. The van der Waals surface area contributed by atoms with E-state index < -0.39 is 47.8 Å². The molecule has 6 N–H and O–H groups in total. The minimum atomic E-state index is -1.30. The number of carboxylic acid groups (broad SMARTS) is 2. The average Bonchev–Trinajstić information content (AvgIpc) is 2.57. The second kappa shape index (κ2) is 7.85. The molecule has 2 amide bonds. The van der Waals surface area contributed by atoms with Crippen LogP contribution in [-0.2, 0) is 19.2 Å². The van der Waals surface area contributed by atoms with Crippen molar-refractivity contribution in [2.45, 2.75) is 36.7 Å². The van der Waals surface area contributed by atoms with Crippen molar-refractivity contribution >= 4 is 35.5 Å². The summed E-state index contributed by atoms with van der Waals surface area (Å²) in [6, 6.07) is -1.87. The lowest BCUT2D eigenvalue weighted by atomic mass is 10.0. The summed E-state index contributed by atoms with van der Waals surface area (Å²) in [7, 11) is 0. The highest BCUT2D eigenvalue weighted by atomic mass is 32.2. The topological polar surface area (TPSA) is 170 Å². The van der Waals surface area contributed by atoms with E-state index in [1.165, 1.54) is 11.8 Å². The first kappa shape index (κ1) is 19.2. The largest absolute Gasteiger partial charge is 0.480 e. The first-order chi connectivity index (χ1) is 11.8. The first-order valence-corrected chi connectivity index (χ1v) is 8.61. The zero-order valence-corrected chi connectivity index (χ0v) is 14.0. The zero-order chi connectivity index (χ0) is 18.7. The van der Waals surface area contributed by atoms with Gasteiger partial charge in [-0.3, -0.25) is 19.3 Å². The average molecular weight is 373 g/mol. The number of nitrogens with two attached hydrogens (primary N) is 1. The van der Waals surface area contributed by atoms with Crippen molar-refractivity contribution in [1.82, 2.24) is 10.2 Å². The van der Waals surface area contributed by atoms with Crippen molar-refractivity contribution in [1.29, 1.82) is 0 Å². The Balaban J connectivity index is 1.91. The van der Waals surface area contributed by atoms with Crippen molar-refractivity contribution in [3.63, 3.8) is 0 Å². The molecule has 0 radical (unpaired) electrons. The van der Waals surface area contributed by atoms with Crippen molar-refractivity contribution in [3.8, 4) is 0 Å². The second-order valence-electron chi connectivity index (χ2n) is 5.71. The SMILES string of the molecule is NC(CCCC(=O)N[C@@H]1C(=O)N2C(C(=O)O)=C(CO)CS[C@H]12)C(=O)O. The maximum Gasteiger partial charge on any atom is 0.352 e. The van der Waals surface area contributed by atoms with Gasteiger partial charge in [-0.1, -0.05) is 0 Å². The van der Waals surface area contributed by atoms with E-state index in [2.05, 4.69) is 5.32 Å². The van der Waals surface area contributed by atoms with Gasteiger partial charge < -0.3 is 26.4 Å². The molecule has 1 saturated heterocycles. The lowest BCUT2D eigenvalue weighted by Crippen LogP contribution is -2.70. The van der Waals surface area contributed by atoms with Crippen LogP contribution in [0.4, 0.5) is 0 Å². The van der Waals surface area contributed by atoms with E-state index in [4.69, 9.17) is 10.8 Å². The Bertz CT molecular complexity index is 636. The number of fused-ring (bicyclic) bond motifs is 1. The number of carbonyl (C=O) groups excluding carboxylic acids is 2. The molecule has 0 aromatic carbocycles. The van der Waals surface area contributed by atoms with Gasteiger partial charge in [0.15, 0.2) is 0 Å². The molecule has 11 heteroatoms. The molecule has 0 bridgehead atoms. The lowest BCUT2D eigenvalue weighted by Gasteiger charge is -2.49. The summed E-state index contributed by atoms with van der Waals surface area (Å²) < 4.78 is 0. The van der Waals surface area contributed by atoms with E-state index in [1.807, 2.05) is 0 Å². The van der Waals surface area contributed by atoms with Crippen molar-refractivity contribution < 1.29 is 34.5 Å². The smallest absolute Gasteiger partial charge is 0.352 e. The maximum absolute atomic E-state index is 12.2. The van der Waals surface area contributed by atoms with E-state index in [-0.39, 0.29) is 36.3 Å². The predicted molar refractivity (Wildman–Crippen MR) is 86.2 cm³/mol. The van der Waals surface area contributed by atoms with Crippen LogP contribution in [0.15, 0.2) is 11.3 Å². The number of rotatable bonds is 8. The van der Waals surface area contributed by atoms with Crippen molar-refractivity contribution in [3.05, 3.63) is 11.3 Å². The van der Waals surface area contributed by atoms with Crippen LogP contribution in [-0.4, -0.2) is 73.8 Å². The highest BCUT2D eigenvalue weighted by Crippen LogP contribution is 2.40. The Labute approximate surface area is 147 Å². The Morgan fingerprint density at radius 3 is 2.60 bits per heavy atom. The number of nitrogens with zero attached hydrogens (tertiary/aromatic N) is 1. The molecule has 0 aromatic rings. The van der Waals surface area contributed by atoms with E-state index in [1.54, 1.807) is 0 Å². The summed E-state index contributed by atoms with van der Waals surface area (Å²) in [5.74, 6) is -3.15. The summed E-state index contributed by atoms with van der Waals surface area (Å²) >= 11 is 1.26. The minimum absolute atomic E-state index is 0.0195. The van der Waals surface area contributed by atoms with Gasteiger partial charge in [-0.25, -0.2) is 4.79 Å². The van der Waals surface area contributed by atoms with Gasteiger partial charge in [0.25, 0.3) is 5.91 Å². The van der Waals surface area contributed by atoms with Crippen LogP contribution >= 0.6 is 11.8 Å². The van der Waals surface area contributed by atoms with Crippen LogP contribution in [0, 0.1) is 0 Å². The second-order valence-corrected chi connectivity index (χ2v) is 6.81. The molecule has 10 nitrogen and oxygen atoms in total. The summed E-state index contributed by atoms with van der Waals surface area (Å²) in [4.78, 5) is 47.1. The molecule has 138 valence electrons. The van der Waals surface area contributed by atoms with Crippen molar-refractivity contribution in [2.24, 2.45) is 5.73 Å². The maximum atomic E-state index is 12.2. The number of amides is 2. The van der Waals surface area contributed by atoms with Crippen molar-refractivity contribution in [2.75, 3.05) is 12.4 Å². The Morgan fingerprint density at radius 1 is 1.36 bits per heavy atom. The normalized spacial score (nSPS) is 23.6. The summed E-state index contributed by atoms with van der Waals surface area (Å²) in [6.45, 7) is -0.452. The third kappa shape index (κ3) is 3.94. The molecule has 0 aliphatic carbocycles. The van der Waals surface area contributed by atoms with Crippen LogP contribution in [0.5, 0.6) is 0 Å². The molecular formula is C14H19N3O7S. The molecular weight excluding hydrogens is 354 g/mol. The fourth-order valence-electron chi connectivity index (χ4n) is 2.66. The van der Waals surface area contributed by atoms with E-state index >= 15 is 0 Å². The summed E-state index contributed by atoms with van der Waals surface area (Å²) in [5, 5.41) is 29.1. The van der Waals surface area contributed by atoms with Crippen LogP contribution in [0.3, 0.4) is 0 Å². The van der Waals surface area contributed by atoms with Gasteiger partial charge in [-0.05, 0) is 18.4 Å². The van der Waals surface area contributed by atoms with Crippen LogP contribution in [0.25, 0.3) is 0 Å². The quantitative estimate of drug-likeness (QED) is 0.311. The van der Waals surface area contributed by atoms with Crippen LogP contribution < -0.4 is 11.1 Å². The number of carboxylic acids is 2. The van der Waals surface area contributed by atoms with Gasteiger partial charge in [0.05, 0.1) is 6.61 Å². The summed E-state index contributed by atoms with van der Waals surface area (Å²) in [5.41, 5.74) is 5.38. The van der Waals surface area contributed by atoms with Gasteiger partial charge in [-0.15, -0.1) is 11.8 Å². The number of nitrogens with one attached hydrogen (secondary N) is 1. The van der Waals surface area contributed by atoms with Gasteiger partial charge >= 0.3 is 11.9 Å².